The Bertz CT molecular complexity index is 711. The van der Waals surface area contributed by atoms with Gasteiger partial charge in [-0.05, 0) is 48.6 Å². The number of hydrogen-bond acceptors (Lipinski definition) is 3. The van der Waals surface area contributed by atoms with E-state index in [1.165, 1.54) is 16.7 Å². The number of Topliss-reactive ketones (excluding diaryl/α,β-unsaturated/α-hetero) is 1. The standard InChI is InChI=1S/C18H18O3/c1-18-8-7-12-13-4-3-11(20-2)9-16(13)21-10-14(12)15(18)5-6-17(18)19/h3-5,9H,6-8,10H2,1-2H3/t18-/m0/s1. The van der Waals surface area contributed by atoms with Gasteiger partial charge in [0, 0.05) is 18.1 Å². The van der Waals surface area contributed by atoms with Gasteiger partial charge in [0.25, 0.3) is 0 Å². The zero-order valence-corrected chi connectivity index (χ0v) is 12.4. The maximum atomic E-state index is 12.2. The van der Waals surface area contributed by atoms with Gasteiger partial charge in [0.05, 0.1) is 12.5 Å². The van der Waals surface area contributed by atoms with Gasteiger partial charge in [-0.1, -0.05) is 6.08 Å². The van der Waals surface area contributed by atoms with Gasteiger partial charge in [0.1, 0.15) is 23.9 Å². The topological polar surface area (TPSA) is 35.5 Å². The molecule has 0 radical (unpaired) electrons. The van der Waals surface area contributed by atoms with Crippen molar-refractivity contribution >= 4 is 11.4 Å². The fourth-order valence-electron chi connectivity index (χ4n) is 3.82. The lowest BCUT2D eigenvalue weighted by Gasteiger charge is -2.37. The minimum Gasteiger partial charge on any atom is -0.497 e. The first kappa shape index (κ1) is 12.7. The summed E-state index contributed by atoms with van der Waals surface area (Å²) in [5.41, 5.74) is 4.64. The third-order valence-electron chi connectivity index (χ3n) is 5.15. The molecule has 108 valence electrons. The number of benzene rings is 1. The first-order valence-electron chi connectivity index (χ1n) is 7.41. The Hall–Kier alpha value is -2.03. The van der Waals surface area contributed by atoms with Crippen LogP contribution in [0.3, 0.4) is 0 Å². The predicted molar refractivity (Wildman–Crippen MR) is 80.5 cm³/mol. The van der Waals surface area contributed by atoms with Crippen molar-refractivity contribution in [3.63, 3.8) is 0 Å². The van der Waals surface area contributed by atoms with Crippen LogP contribution >= 0.6 is 0 Å². The van der Waals surface area contributed by atoms with Crippen LogP contribution in [0.2, 0.25) is 0 Å². The summed E-state index contributed by atoms with van der Waals surface area (Å²) in [6.07, 6.45) is 4.52. The summed E-state index contributed by atoms with van der Waals surface area (Å²) in [7, 11) is 1.66. The lowest BCUT2D eigenvalue weighted by atomic mass is 9.68. The maximum absolute atomic E-state index is 12.2. The molecule has 0 spiro atoms. The Kier molecular flexibility index (Phi) is 2.56. The van der Waals surface area contributed by atoms with Gasteiger partial charge in [0.15, 0.2) is 0 Å². The highest BCUT2D eigenvalue weighted by molar-refractivity contribution is 5.96. The van der Waals surface area contributed by atoms with E-state index in [-0.39, 0.29) is 5.41 Å². The molecule has 1 atom stereocenters. The van der Waals surface area contributed by atoms with Crippen LogP contribution in [0.4, 0.5) is 0 Å². The lowest BCUT2D eigenvalue weighted by molar-refractivity contribution is -0.124. The third-order valence-corrected chi connectivity index (χ3v) is 5.15. The van der Waals surface area contributed by atoms with E-state index >= 15 is 0 Å². The molecule has 2 aliphatic carbocycles. The maximum Gasteiger partial charge on any atom is 0.146 e. The second-order valence-corrected chi connectivity index (χ2v) is 6.19. The quantitative estimate of drug-likeness (QED) is 0.790. The number of allylic oxidation sites excluding steroid dienone is 2. The van der Waals surface area contributed by atoms with E-state index < -0.39 is 0 Å². The second-order valence-electron chi connectivity index (χ2n) is 6.19. The Labute approximate surface area is 124 Å². The largest absolute Gasteiger partial charge is 0.497 e. The van der Waals surface area contributed by atoms with Crippen molar-refractivity contribution in [2.45, 2.75) is 26.2 Å². The van der Waals surface area contributed by atoms with E-state index in [0.717, 1.165) is 29.9 Å². The van der Waals surface area contributed by atoms with Crippen molar-refractivity contribution in [3.8, 4) is 11.5 Å². The van der Waals surface area contributed by atoms with Crippen LogP contribution in [0.25, 0.3) is 5.57 Å². The first-order chi connectivity index (χ1) is 10.1. The zero-order chi connectivity index (χ0) is 14.6. The minimum atomic E-state index is -0.286. The van der Waals surface area contributed by atoms with Crippen LogP contribution < -0.4 is 9.47 Å². The average molecular weight is 282 g/mol. The third kappa shape index (κ3) is 1.63. The molecule has 0 saturated heterocycles. The molecule has 1 heterocycles. The molecule has 1 aromatic carbocycles. The van der Waals surface area contributed by atoms with Crippen LogP contribution in [0.1, 0.15) is 31.7 Å². The molecule has 1 aromatic rings. The zero-order valence-electron chi connectivity index (χ0n) is 12.4. The number of rotatable bonds is 1. The van der Waals surface area contributed by atoms with Gasteiger partial charge in [-0.3, -0.25) is 4.79 Å². The van der Waals surface area contributed by atoms with Crippen LogP contribution in [0, 0.1) is 5.41 Å². The minimum absolute atomic E-state index is 0.286. The van der Waals surface area contributed by atoms with Crippen LogP contribution in [0.15, 0.2) is 35.4 Å². The molecule has 0 bridgehead atoms. The summed E-state index contributed by atoms with van der Waals surface area (Å²) in [6, 6.07) is 5.99. The normalized spacial score (nSPS) is 26.6. The van der Waals surface area contributed by atoms with E-state index in [2.05, 4.69) is 19.1 Å². The van der Waals surface area contributed by atoms with Crippen molar-refractivity contribution in [3.05, 3.63) is 41.0 Å². The second kappa shape index (κ2) is 4.23. The molecular weight excluding hydrogens is 264 g/mol. The Morgan fingerprint density at radius 1 is 1.29 bits per heavy atom. The summed E-state index contributed by atoms with van der Waals surface area (Å²) < 4.78 is 11.2. The SMILES string of the molecule is COc1ccc2c(c1)OCC1=C2CC[C@]2(C)C(=O)CC=C12. The number of ketones is 1. The molecule has 3 heteroatoms. The van der Waals surface area contributed by atoms with E-state index in [9.17, 15) is 4.79 Å². The number of hydrogen-bond donors (Lipinski definition) is 0. The van der Waals surface area contributed by atoms with Gasteiger partial charge in [-0.2, -0.15) is 0 Å². The van der Waals surface area contributed by atoms with Crippen LogP contribution in [-0.4, -0.2) is 19.5 Å². The molecule has 4 rings (SSSR count). The molecule has 1 aliphatic heterocycles. The molecular formula is C18H18O3. The van der Waals surface area contributed by atoms with Crippen molar-refractivity contribution in [1.29, 1.82) is 0 Å². The molecule has 0 fully saturated rings. The molecule has 0 saturated carbocycles. The number of carbonyl (C=O) groups is 1. The van der Waals surface area contributed by atoms with Gasteiger partial charge in [-0.15, -0.1) is 0 Å². The predicted octanol–water partition coefficient (Wildman–Crippen LogP) is 3.54. The Balaban J connectivity index is 1.85. The fraction of sp³-hybridized carbons (Fsp3) is 0.389. The average Bonchev–Trinajstić information content (AvgIpc) is 2.82. The smallest absolute Gasteiger partial charge is 0.146 e. The summed E-state index contributed by atoms with van der Waals surface area (Å²) in [4.78, 5) is 12.2. The highest BCUT2D eigenvalue weighted by Gasteiger charge is 2.45. The van der Waals surface area contributed by atoms with Crippen molar-refractivity contribution in [2.24, 2.45) is 5.41 Å². The van der Waals surface area contributed by atoms with E-state index in [1.54, 1.807) is 7.11 Å². The molecule has 0 aromatic heterocycles. The Morgan fingerprint density at radius 3 is 2.95 bits per heavy atom. The molecule has 0 unspecified atom stereocenters. The first-order valence-corrected chi connectivity index (χ1v) is 7.41. The molecule has 0 N–H and O–H groups in total. The fourth-order valence-corrected chi connectivity index (χ4v) is 3.82. The van der Waals surface area contributed by atoms with Crippen LogP contribution in [0.5, 0.6) is 11.5 Å². The number of fused-ring (bicyclic) bond motifs is 4. The highest BCUT2D eigenvalue weighted by Crippen LogP contribution is 2.53. The molecule has 0 amide bonds. The van der Waals surface area contributed by atoms with E-state index in [1.807, 2.05) is 12.1 Å². The van der Waals surface area contributed by atoms with E-state index in [0.29, 0.717) is 18.8 Å². The number of ether oxygens (including phenoxy) is 2. The summed E-state index contributed by atoms with van der Waals surface area (Å²) in [5, 5.41) is 0. The van der Waals surface area contributed by atoms with Crippen molar-refractivity contribution in [1.82, 2.24) is 0 Å². The van der Waals surface area contributed by atoms with Crippen molar-refractivity contribution in [2.75, 3.05) is 13.7 Å². The van der Waals surface area contributed by atoms with Gasteiger partial charge >= 0.3 is 0 Å². The van der Waals surface area contributed by atoms with Gasteiger partial charge in [0.2, 0.25) is 0 Å². The van der Waals surface area contributed by atoms with Crippen LogP contribution in [-0.2, 0) is 4.79 Å². The lowest BCUT2D eigenvalue weighted by Crippen LogP contribution is -2.32. The molecule has 3 nitrogen and oxygen atoms in total. The number of methoxy groups -OCH3 is 1. The molecule has 3 aliphatic rings. The van der Waals surface area contributed by atoms with E-state index in [4.69, 9.17) is 9.47 Å². The highest BCUT2D eigenvalue weighted by atomic mass is 16.5. The summed E-state index contributed by atoms with van der Waals surface area (Å²) in [6.45, 7) is 2.64. The molecule has 21 heavy (non-hydrogen) atoms. The van der Waals surface area contributed by atoms with Crippen molar-refractivity contribution < 1.29 is 14.3 Å². The van der Waals surface area contributed by atoms with Gasteiger partial charge in [-0.25, -0.2) is 0 Å². The monoisotopic (exact) mass is 282 g/mol. The van der Waals surface area contributed by atoms with Gasteiger partial charge < -0.3 is 9.47 Å². The summed E-state index contributed by atoms with van der Waals surface area (Å²) in [5.74, 6) is 2.06. The Morgan fingerprint density at radius 2 is 2.14 bits per heavy atom. The number of carbonyl (C=O) groups excluding carboxylic acids is 1. The summed E-state index contributed by atoms with van der Waals surface area (Å²) >= 11 is 0.